The van der Waals surface area contributed by atoms with E-state index < -0.39 is 0 Å². The minimum absolute atomic E-state index is 0.0413. The standard InChI is InChI=1S/C13H14N2OS/c1-9-7-17-13(15-9)12-5-3-11(4-6-12)10(2)14-8-16/h3-8,10H,1-2H3,(H,14,16). The van der Waals surface area contributed by atoms with Crippen LogP contribution in [0.25, 0.3) is 10.6 Å². The Morgan fingerprint density at radius 3 is 2.59 bits per heavy atom. The summed E-state index contributed by atoms with van der Waals surface area (Å²) in [7, 11) is 0. The SMILES string of the molecule is Cc1csc(-c2ccc(C(C)NC=O)cc2)n1. The largest absolute Gasteiger partial charge is 0.352 e. The van der Waals surface area contributed by atoms with E-state index in [4.69, 9.17) is 0 Å². The highest BCUT2D eigenvalue weighted by atomic mass is 32.1. The van der Waals surface area contributed by atoms with Gasteiger partial charge >= 0.3 is 0 Å². The smallest absolute Gasteiger partial charge is 0.207 e. The highest BCUT2D eigenvalue weighted by molar-refractivity contribution is 7.13. The summed E-state index contributed by atoms with van der Waals surface area (Å²) < 4.78 is 0. The first-order valence-electron chi connectivity index (χ1n) is 5.43. The fourth-order valence-electron chi connectivity index (χ4n) is 1.60. The highest BCUT2D eigenvalue weighted by Crippen LogP contribution is 2.24. The third kappa shape index (κ3) is 2.71. The van der Waals surface area contributed by atoms with Crippen molar-refractivity contribution < 1.29 is 4.79 Å². The fraction of sp³-hybridized carbons (Fsp3) is 0.231. The van der Waals surface area contributed by atoms with Gasteiger partial charge in [-0.3, -0.25) is 4.79 Å². The number of benzene rings is 1. The average molecular weight is 246 g/mol. The number of amides is 1. The first kappa shape index (κ1) is 11.8. The Bertz CT molecular complexity index is 504. The second kappa shape index (κ2) is 5.10. The quantitative estimate of drug-likeness (QED) is 0.843. The molecule has 88 valence electrons. The van der Waals surface area contributed by atoms with Crippen LogP contribution in [0, 0.1) is 6.92 Å². The van der Waals surface area contributed by atoms with Crippen molar-refractivity contribution in [3.63, 3.8) is 0 Å². The maximum Gasteiger partial charge on any atom is 0.207 e. The summed E-state index contributed by atoms with van der Waals surface area (Å²) in [6.07, 6.45) is 0.725. The van der Waals surface area contributed by atoms with Gasteiger partial charge in [0.05, 0.1) is 6.04 Å². The van der Waals surface area contributed by atoms with Gasteiger partial charge in [-0.15, -0.1) is 11.3 Å². The molecule has 0 aliphatic heterocycles. The molecular weight excluding hydrogens is 232 g/mol. The van der Waals surface area contributed by atoms with Crippen LogP contribution >= 0.6 is 11.3 Å². The van der Waals surface area contributed by atoms with E-state index in [0.29, 0.717) is 0 Å². The zero-order chi connectivity index (χ0) is 12.3. The van der Waals surface area contributed by atoms with Crippen molar-refractivity contribution in [1.29, 1.82) is 0 Å². The van der Waals surface area contributed by atoms with Gasteiger partial charge in [0, 0.05) is 16.6 Å². The van der Waals surface area contributed by atoms with Crippen LogP contribution in [0.4, 0.5) is 0 Å². The molecule has 0 fully saturated rings. The molecule has 4 heteroatoms. The van der Waals surface area contributed by atoms with Gasteiger partial charge in [-0.2, -0.15) is 0 Å². The normalized spacial score (nSPS) is 12.1. The monoisotopic (exact) mass is 246 g/mol. The molecule has 1 N–H and O–H groups in total. The Morgan fingerprint density at radius 1 is 1.35 bits per heavy atom. The molecule has 1 atom stereocenters. The number of nitrogens with one attached hydrogen (secondary N) is 1. The first-order chi connectivity index (χ1) is 8.20. The predicted octanol–water partition coefficient (Wildman–Crippen LogP) is 2.93. The molecule has 3 nitrogen and oxygen atoms in total. The first-order valence-corrected chi connectivity index (χ1v) is 6.31. The number of hydrogen-bond donors (Lipinski definition) is 1. The van der Waals surface area contributed by atoms with Gasteiger partial charge in [-0.05, 0) is 19.4 Å². The Kier molecular flexibility index (Phi) is 3.54. The summed E-state index contributed by atoms with van der Waals surface area (Å²) in [6.45, 7) is 3.95. The van der Waals surface area contributed by atoms with Crippen molar-refractivity contribution in [1.82, 2.24) is 10.3 Å². The molecule has 0 saturated heterocycles. The van der Waals surface area contributed by atoms with Gasteiger partial charge in [-0.1, -0.05) is 24.3 Å². The number of rotatable bonds is 4. The third-order valence-electron chi connectivity index (χ3n) is 2.59. The number of nitrogens with zero attached hydrogens (tertiary/aromatic N) is 1. The molecule has 1 unspecified atom stereocenters. The number of carbonyl (C=O) groups excluding carboxylic acids is 1. The molecule has 0 radical (unpaired) electrons. The van der Waals surface area contributed by atoms with Gasteiger partial charge in [-0.25, -0.2) is 4.98 Å². The van der Waals surface area contributed by atoms with E-state index in [2.05, 4.69) is 10.3 Å². The number of aryl methyl sites for hydroxylation is 1. The van der Waals surface area contributed by atoms with Crippen molar-refractivity contribution in [3.8, 4) is 10.6 Å². The molecule has 2 aromatic rings. The van der Waals surface area contributed by atoms with Crippen LogP contribution in [0.15, 0.2) is 29.6 Å². The summed E-state index contributed by atoms with van der Waals surface area (Å²) in [4.78, 5) is 14.8. The molecule has 0 aliphatic carbocycles. The second-order valence-corrected chi connectivity index (χ2v) is 4.78. The van der Waals surface area contributed by atoms with Crippen LogP contribution in [0.1, 0.15) is 24.2 Å². The van der Waals surface area contributed by atoms with E-state index in [0.717, 1.165) is 28.2 Å². The number of aromatic nitrogens is 1. The molecular formula is C13H14N2OS. The molecule has 1 aromatic heterocycles. The summed E-state index contributed by atoms with van der Waals surface area (Å²) in [5.74, 6) is 0. The van der Waals surface area contributed by atoms with E-state index in [1.165, 1.54) is 0 Å². The summed E-state index contributed by atoms with van der Waals surface area (Å²) in [5, 5.41) is 5.81. The topological polar surface area (TPSA) is 42.0 Å². The van der Waals surface area contributed by atoms with Crippen molar-refractivity contribution >= 4 is 17.7 Å². The fourth-order valence-corrected chi connectivity index (χ4v) is 2.40. The van der Waals surface area contributed by atoms with Crippen LogP contribution in [0.5, 0.6) is 0 Å². The van der Waals surface area contributed by atoms with E-state index in [-0.39, 0.29) is 6.04 Å². The lowest BCUT2D eigenvalue weighted by Crippen LogP contribution is -2.15. The molecule has 1 amide bonds. The van der Waals surface area contributed by atoms with Crippen LogP contribution < -0.4 is 5.32 Å². The molecule has 1 aromatic carbocycles. The molecule has 0 saturated carbocycles. The van der Waals surface area contributed by atoms with Crippen molar-refractivity contribution in [2.24, 2.45) is 0 Å². The maximum absolute atomic E-state index is 10.4. The van der Waals surface area contributed by atoms with Gasteiger partial charge in [0.2, 0.25) is 6.41 Å². The number of thiazole rings is 1. The van der Waals surface area contributed by atoms with Crippen molar-refractivity contribution in [2.45, 2.75) is 19.9 Å². The van der Waals surface area contributed by atoms with E-state index in [1.54, 1.807) is 11.3 Å². The van der Waals surface area contributed by atoms with Gasteiger partial charge in [0.1, 0.15) is 5.01 Å². The Balaban J connectivity index is 2.21. The Hall–Kier alpha value is -1.68. The Morgan fingerprint density at radius 2 is 2.06 bits per heavy atom. The van der Waals surface area contributed by atoms with E-state index in [9.17, 15) is 4.79 Å². The number of hydrogen-bond acceptors (Lipinski definition) is 3. The minimum Gasteiger partial charge on any atom is -0.352 e. The second-order valence-electron chi connectivity index (χ2n) is 3.92. The van der Waals surface area contributed by atoms with Crippen molar-refractivity contribution in [3.05, 3.63) is 40.9 Å². The highest BCUT2D eigenvalue weighted by Gasteiger charge is 2.05. The summed E-state index contributed by atoms with van der Waals surface area (Å²) >= 11 is 1.64. The van der Waals surface area contributed by atoms with Crippen LogP contribution in [0.2, 0.25) is 0 Å². The molecule has 0 bridgehead atoms. The number of carbonyl (C=O) groups is 1. The molecule has 0 spiro atoms. The third-order valence-corrected chi connectivity index (χ3v) is 3.60. The minimum atomic E-state index is 0.0413. The molecule has 2 rings (SSSR count). The predicted molar refractivity (Wildman–Crippen MR) is 69.9 cm³/mol. The van der Waals surface area contributed by atoms with Crippen LogP contribution in [0.3, 0.4) is 0 Å². The summed E-state index contributed by atoms with van der Waals surface area (Å²) in [6, 6.07) is 8.16. The van der Waals surface area contributed by atoms with Gasteiger partial charge < -0.3 is 5.32 Å². The zero-order valence-corrected chi connectivity index (χ0v) is 10.6. The molecule has 1 heterocycles. The maximum atomic E-state index is 10.4. The Labute approximate surface area is 105 Å². The average Bonchev–Trinajstić information content (AvgIpc) is 2.76. The molecule has 0 aliphatic rings. The van der Waals surface area contributed by atoms with Crippen LogP contribution in [-0.4, -0.2) is 11.4 Å². The zero-order valence-electron chi connectivity index (χ0n) is 9.81. The molecule has 17 heavy (non-hydrogen) atoms. The van der Waals surface area contributed by atoms with E-state index in [1.807, 2.05) is 43.5 Å². The van der Waals surface area contributed by atoms with Crippen LogP contribution in [-0.2, 0) is 4.79 Å². The lowest BCUT2D eigenvalue weighted by atomic mass is 10.1. The van der Waals surface area contributed by atoms with Crippen molar-refractivity contribution in [2.75, 3.05) is 0 Å². The lowest BCUT2D eigenvalue weighted by Gasteiger charge is -2.10. The van der Waals surface area contributed by atoms with Gasteiger partial charge in [0.15, 0.2) is 0 Å². The summed E-state index contributed by atoms with van der Waals surface area (Å²) in [5.41, 5.74) is 3.25. The van der Waals surface area contributed by atoms with E-state index >= 15 is 0 Å². The van der Waals surface area contributed by atoms with Gasteiger partial charge in [0.25, 0.3) is 0 Å². The lowest BCUT2D eigenvalue weighted by molar-refractivity contribution is -0.110.